The molecule has 0 bridgehead atoms. The molecule has 6 nitrogen and oxygen atoms in total. The van der Waals surface area contributed by atoms with Gasteiger partial charge in [-0.05, 0) is 29.8 Å². The normalized spacial score (nSPS) is 14.2. The lowest BCUT2D eigenvalue weighted by molar-refractivity contribution is -0.130. The van der Waals surface area contributed by atoms with Gasteiger partial charge < -0.3 is 9.80 Å². The summed E-state index contributed by atoms with van der Waals surface area (Å²) in [7, 11) is 0. The Morgan fingerprint density at radius 2 is 1.69 bits per heavy atom. The van der Waals surface area contributed by atoms with Crippen LogP contribution in [0.2, 0.25) is 0 Å². The van der Waals surface area contributed by atoms with E-state index in [4.69, 9.17) is 0 Å². The molecule has 3 aromatic rings. The van der Waals surface area contributed by atoms with Gasteiger partial charge >= 0.3 is 0 Å². The minimum absolute atomic E-state index is 0. The van der Waals surface area contributed by atoms with Crippen molar-refractivity contribution in [1.29, 1.82) is 0 Å². The number of nitrogens with zero attached hydrogens (tertiary/aromatic N) is 3. The maximum atomic E-state index is 12.8. The number of hydrogen-bond donors (Lipinski definition) is 1. The van der Waals surface area contributed by atoms with Gasteiger partial charge in [0.05, 0.1) is 11.2 Å². The van der Waals surface area contributed by atoms with Gasteiger partial charge in [0.1, 0.15) is 0 Å². The zero-order valence-electron chi connectivity index (χ0n) is 16.2. The number of carbonyl (C=O) groups excluding carboxylic acids is 2. The first-order chi connectivity index (χ1) is 13.6. The summed E-state index contributed by atoms with van der Waals surface area (Å²) in [5, 5.41) is 8.43. The summed E-state index contributed by atoms with van der Waals surface area (Å²) in [6.07, 6.45) is 3.92. The largest absolute Gasteiger partial charge is 0.339 e. The molecular weight excluding hydrogens is 388 g/mol. The molecule has 1 N–H and O–H groups in total. The molecule has 2 amide bonds. The average molecular weight is 411 g/mol. The van der Waals surface area contributed by atoms with Crippen molar-refractivity contribution in [3.63, 3.8) is 0 Å². The van der Waals surface area contributed by atoms with E-state index in [9.17, 15) is 9.59 Å². The van der Waals surface area contributed by atoms with Crippen LogP contribution in [0.15, 0.2) is 48.5 Å². The summed E-state index contributed by atoms with van der Waals surface area (Å²) < 4.78 is 0. The van der Waals surface area contributed by atoms with Crippen LogP contribution >= 0.6 is 12.4 Å². The number of piperazine rings is 1. The molecule has 150 valence electrons. The van der Waals surface area contributed by atoms with Crippen molar-refractivity contribution in [3.05, 3.63) is 65.4 Å². The third-order valence-electron chi connectivity index (χ3n) is 5.08. The van der Waals surface area contributed by atoms with Crippen LogP contribution in [-0.2, 0) is 4.79 Å². The molecule has 0 atom stereocenters. The van der Waals surface area contributed by atoms with Crippen LogP contribution in [0.4, 0.5) is 0 Å². The molecule has 0 aliphatic carbocycles. The van der Waals surface area contributed by atoms with E-state index in [0.29, 0.717) is 31.7 Å². The Morgan fingerprint density at radius 1 is 0.966 bits per heavy atom. The van der Waals surface area contributed by atoms with Gasteiger partial charge in [-0.25, -0.2) is 0 Å². The number of aromatic nitrogens is 2. The first-order valence-electron chi connectivity index (χ1n) is 9.38. The van der Waals surface area contributed by atoms with E-state index in [0.717, 1.165) is 22.2 Å². The summed E-state index contributed by atoms with van der Waals surface area (Å²) in [6, 6.07) is 15.6. The summed E-state index contributed by atoms with van der Waals surface area (Å²) in [4.78, 5) is 27.8. The number of carbonyl (C=O) groups is 2. The lowest BCUT2D eigenvalue weighted by Gasteiger charge is -2.34. The van der Waals surface area contributed by atoms with Gasteiger partial charge in [-0.2, -0.15) is 5.10 Å². The SMILES string of the molecule is CC(=O)N1CCN(C(=O)c2cccc(/C=C/c3n[nH]c4ccccc34)c2)CC1.Cl. The lowest BCUT2D eigenvalue weighted by Crippen LogP contribution is -2.50. The van der Waals surface area contributed by atoms with E-state index < -0.39 is 0 Å². The van der Waals surface area contributed by atoms with Crippen molar-refractivity contribution >= 4 is 47.3 Å². The summed E-state index contributed by atoms with van der Waals surface area (Å²) in [6.45, 7) is 3.88. The molecule has 1 fully saturated rings. The lowest BCUT2D eigenvalue weighted by atomic mass is 10.1. The van der Waals surface area contributed by atoms with Gasteiger partial charge in [0, 0.05) is 44.1 Å². The maximum absolute atomic E-state index is 12.8. The van der Waals surface area contributed by atoms with E-state index in [1.165, 1.54) is 0 Å². The number of para-hydroxylation sites is 1. The highest BCUT2D eigenvalue weighted by molar-refractivity contribution is 5.95. The van der Waals surface area contributed by atoms with Crippen molar-refractivity contribution in [3.8, 4) is 0 Å². The third-order valence-corrected chi connectivity index (χ3v) is 5.08. The zero-order chi connectivity index (χ0) is 19.5. The number of rotatable bonds is 3. The quantitative estimate of drug-likeness (QED) is 0.718. The zero-order valence-corrected chi connectivity index (χ0v) is 17.0. The number of fused-ring (bicyclic) bond motifs is 1. The molecule has 1 aromatic heterocycles. The molecule has 2 aromatic carbocycles. The number of aromatic amines is 1. The molecule has 1 aliphatic rings. The van der Waals surface area contributed by atoms with E-state index >= 15 is 0 Å². The Bertz CT molecular complexity index is 1050. The number of amides is 2. The van der Waals surface area contributed by atoms with Crippen molar-refractivity contribution in [2.45, 2.75) is 6.92 Å². The fourth-order valence-corrected chi connectivity index (χ4v) is 3.47. The molecule has 29 heavy (non-hydrogen) atoms. The fraction of sp³-hybridized carbons (Fsp3) is 0.227. The second-order valence-corrected chi connectivity index (χ2v) is 6.91. The topological polar surface area (TPSA) is 69.3 Å². The van der Waals surface area contributed by atoms with Crippen molar-refractivity contribution in [2.75, 3.05) is 26.2 Å². The molecule has 4 rings (SSSR count). The highest BCUT2D eigenvalue weighted by atomic mass is 35.5. The van der Waals surface area contributed by atoms with E-state index in [1.807, 2.05) is 65.6 Å². The first-order valence-corrected chi connectivity index (χ1v) is 9.38. The predicted octanol–water partition coefficient (Wildman–Crippen LogP) is 3.46. The highest BCUT2D eigenvalue weighted by Gasteiger charge is 2.23. The van der Waals surface area contributed by atoms with Gasteiger partial charge in [0.15, 0.2) is 0 Å². The number of halogens is 1. The first kappa shape index (κ1) is 20.6. The fourth-order valence-electron chi connectivity index (χ4n) is 3.47. The Morgan fingerprint density at radius 3 is 2.45 bits per heavy atom. The molecule has 0 radical (unpaired) electrons. The number of H-pyrrole nitrogens is 1. The second-order valence-electron chi connectivity index (χ2n) is 6.91. The van der Waals surface area contributed by atoms with E-state index in [1.54, 1.807) is 11.8 Å². The molecule has 0 unspecified atom stereocenters. The Hall–Kier alpha value is -3.12. The maximum Gasteiger partial charge on any atom is 0.253 e. The van der Waals surface area contributed by atoms with Gasteiger partial charge in [-0.15, -0.1) is 12.4 Å². The Kier molecular flexibility index (Phi) is 6.34. The number of hydrogen-bond acceptors (Lipinski definition) is 3. The molecular formula is C22H23ClN4O2. The average Bonchev–Trinajstić information content (AvgIpc) is 3.15. The molecule has 7 heteroatoms. The standard InChI is InChI=1S/C22H22N4O2.ClH/c1-16(27)25-11-13-26(14-12-25)22(28)18-6-4-5-17(15-18)9-10-21-19-7-2-3-8-20(19)23-24-21;/h2-10,15H,11-14H2,1H3,(H,23,24);1H/b10-9+;. The smallest absolute Gasteiger partial charge is 0.253 e. The summed E-state index contributed by atoms with van der Waals surface area (Å²) >= 11 is 0. The van der Waals surface area contributed by atoms with Crippen LogP contribution in [0.1, 0.15) is 28.5 Å². The van der Waals surface area contributed by atoms with Crippen LogP contribution < -0.4 is 0 Å². The molecule has 2 heterocycles. The summed E-state index contributed by atoms with van der Waals surface area (Å²) in [5.41, 5.74) is 3.47. The van der Waals surface area contributed by atoms with Crippen LogP contribution in [0.3, 0.4) is 0 Å². The Balaban J connectivity index is 0.00000240. The van der Waals surface area contributed by atoms with Crippen LogP contribution in [0, 0.1) is 0 Å². The number of nitrogens with one attached hydrogen (secondary N) is 1. The summed E-state index contributed by atoms with van der Waals surface area (Å²) in [5.74, 6) is 0.0637. The predicted molar refractivity (Wildman–Crippen MR) is 117 cm³/mol. The van der Waals surface area contributed by atoms with Gasteiger partial charge in [-0.1, -0.05) is 36.4 Å². The van der Waals surface area contributed by atoms with Gasteiger partial charge in [-0.3, -0.25) is 14.7 Å². The van der Waals surface area contributed by atoms with E-state index in [-0.39, 0.29) is 24.2 Å². The van der Waals surface area contributed by atoms with Crippen LogP contribution in [-0.4, -0.2) is 58.0 Å². The monoisotopic (exact) mass is 410 g/mol. The van der Waals surface area contributed by atoms with Crippen molar-refractivity contribution < 1.29 is 9.59 Å². The number of benzene rings is 2. The molecule has 0 spiro atoms. The highest BCUT2D eigenvalue weighted by Crippen LogP contribution is 2.18. The van der Waals surface area contributed by atoms with Crippen LogP contribution in [0.25, 0.3) is 23.1 Å². The van der Waals surface area contributed by atoms with Gasteiger partial charge in [0.2, 0.25) is 5.91 Å². The Labute approximate surface area is 175 Å². The third kappa shape index (κ3) is 4.49. The minimum atomic E-state index is 0. The molecule has 0 saturated carbocycles. The van der Waals surface area contributed by atoms with Crippen molar-refractivity contribution in [2.24, 2.45) is 0 Å². The molecule has 1 saturated heterocycles. The van der Waals surface area contributed by atoms with E-state index in [2.05, 4.69) is 10.2 Å². The van der Waals surface area contributed by atoms with Crippen molar-refractivity contribution in [1.82, 2.24) is 20.0 Å². The molecule has 1 aliphatic heterocycles. The second kappa shape index (κ2) is 8.92. The van der Waals surface area contributed by atoms with Crippen LogP contribution in [0.5, 0.6) is 0 Å². The van der Waals surface area contributed by atoms with Gasteiger partial charge in [0.25, 0.3) is 5.91 Å². The minimum Gasteiger partial charge on any atom is -0.339 e.